The number of ether oxygens (including phenoxy) is 1. The van der Waals surface area contributed by atoms with Crippen molar-refractivity contribution in [3.05, 3.63) is 11.6 Å². The summed E-state index contributed by atoms with van der Waals surface area (Å²) in [5.74, 6) is -3.29. The number of carbonyl (C=O) groups excluding carboxylic acids is 2. The van der Waals surface area contributed by atoms with Crippen LogP contribution in [0.4, 0.5) is 0 Å². The molecule has 12 nitrogen and oxygen atoms in total. The molecule has 2 amide bonds. The number of nitrogens with two attached hydrogens (primary N) is 1. The minimum Gasteiger partial charge on any atom is -0.478 e. The minimum absolute atomic E-state index is 0.00786. The van der Waals surface area contributed by atoms with Gasteiger partial charge in [-0.1, -0.05) is 12.9 Å². The van der Waals surface area contributed by atoms with Crippen LogP contribution in [0.5, 0.6) is 0 Å². The van der Waals surface area contributed by atoms with Gasteiger partial charge in [-0.15, -0.1) is 0 Å². The fourth-order valence-electron chi connectivity index (χ4n) is 3.26. The molecule has 0 saturated carbocycles. The van der Waals surface area contributed by atoms with Gasteiger partial charge in [0.15, 0.2) is 5.96 Å². The fraction of sp³-hybridized carbons (Fsp3) is 0.625. The summed E-state index contributed by atoms with van der Waals surface area (Å²) in [5, 5.41) is 44.2. The number of carboxylic acids is 1. The number of carbonyl (C=O) groups is 3. The molecule has 29 heavy (non-hydrogen) atoms. The SMILES string of the molecule is CBNC(=O)CO[C@H]([C@@H](NC(C)=O)[C@@H]1C=C(C(=O)O)C[C@H]1NC(=N)N)[C@@H](O)CO. The maximum atomic E-state index is 11.8. The Bertz CT molecular complexity index is 660. The van der Waals surface area contributed by atoms with Gasteiger partial charge in [0.2, 0.25) is 19.2 Å². The second-order valence-electron chi connectivity index (χ2n) is 6.65. The Morgan fingerprint density at radius 1 is 1.45 bits per heavy atom. The monoisotopic (exact) mass is 413 g/mol. The molecule has 0 aliphatic heterocycles. The number of guanidine groups is 1. The van der Waals surface area contributed by atoms with Crippen molar-refractivity contribution in [2.75, 3.05) is 13.2 Å². The van der Waals surface area contributed by atoms with E-state index in [2.05, 4.69) is 15.9 Å². The topological polar surface area (TPSA) is 207 Å². The Morgan fingerprint density at radius 2 is 2.10 bits per heavy atom. The van der Waals surface area contributed by atoms with Crippen LogP contribution in [0.3, 0.4) is 0 Å². The second-order valence-corrected chi connectivity index (χ2v) is 6.65. The van der Waals surface area contributed by atoms with Gasteiger partial charge < -0.3 is 41.7 Å². The molecule has 9 N–H and O–H groups in total. The number of hydrogen-bond acceptors (Lipinski definition) is 7. The van der Waals surface area contributed by atoms with Crippen molar-refractivity contribution in [2.24, 2.45) is 11.7 Å². The highest BCUT2D eigenvalue weighted by Crippen LogP contribution is 2.30. The van der Waals surface area contributed by atoms with E-state index < -0.39 is 67.2 Å². The van der Waals surface area contributed by atoms with E-state index in [4.69, 9.17) is 15.9 Å². The van der Waals surface area contributed by atoms with E-state index in [1.807, 2.05) is 0 Å². The molecule has 0 saturated heterocycles. The lowest BCUT2D eigenvalue weighted by Crippen LogP contribution is -2.58. The number of amides is 2. The number of aliphatic hydroxyl groups excluding tert-OH is 2. The highest BCUT2D eigenvalue weighted by Gasteiger charge is 2.42. The van der Waals surface area contributed by atoms with Crippen molar-refractivity contribution in [3.8, 4) is 0 Å². The van der Waals surface area contributed by atoms with Gasteiger partial charge in [0, 0.05) is 30.9 Å². The molecule has 0 unspecified atom stereocenters. The van der Waals surface area contributed by atoms with Crippen LogP contribution in [0.1, 0.15) is 13.3 Å². The van der Waals surface area contributed by atoms with E-state index in [1.54, 1.807) is 6.82 Å². The van der Waals surface area contributed by atoms with Gasteiger partial charge in [-0.25, -0.2) is 4.79 Å². The molecule has 0 spiro atoms. The van der Waals surface area contributed by atoms with Crippen molar-refractivity contribution < 1.29 is 34.4 Å². The lowest BCUT2D eigenvalue weighted by Gasteiger charge is -2.36. The first-order valence-corrected chi connectivity index (χ1v) is 9.09. The van der Waals surface area contributed by atoms with Crippen LogP contribution in [-0.2, 0) is 19.1 Å². The molecule has 0 heterocycles. The lowest BCUT2D eigenvalue weighted by molar-refractivity contribution is -0.135. The molecule has 0 radical (unpaired) electrons. The highest BCUT2D eigenvalue weighted by molar-refractivity contribution is 6.35. The Morgan fingerprint density at radius 3 is 2.59 bits per heavy atom. The predicted octanol–water partition coefficient (Wildman–Crippen LogP) is -3.37. The standard InChI is InChI=1S/C16H28BN5O7/c1-7(24)20-13(14(11(25)5-23)29-6-12(26)22-17-2)9-3-8(15(27)28)4-10(9)21-16(18)19/h3,9-11,13-14,17,23,25H,4-6H2,1-2H3,(H,20,24)(H,22,26)(H,27,28)(H4,18,19,21)/t9-,10-,11+,13+,14+/m1/s1. The van der Waals surface area contributed by atoms with Gasteiger partial charge in [-0.3, -0.25) is 15.0 Å². The third-order valence-electron chi connectivity index (χ3n) is 4.40. The van der Waals surface area contributed by atoms with Crippen LogP contribution in [-0.4, -0.2) is 84.0 Å². The zero-order chi connectivity index (χ0) is 22.1. The van der Waals surface area contributed by atoms with E-state index in [0.29, 0.717) is 7.41 Å². The first-order chi connectivity index (χ1) is 13.6. The van der Waals surface area contributed by atoms with Gasteiger partial charge in [0.25, 0.3) is 0 Å². The zero-order valence-electron chi connectivity index (χ0n) is 16.3. The van der Waals surface area contributed by atoms with E-state index in [9.17, 15) is 29.7 Å². The number of aliphatic carboxylic acids is 1. The Balaban J connectivity index is 3.24. The van der Waals surface area contributed by atoms with Crippen molar-refractivity contribution in [1.82, 2.24) is 15.9 Å². The van der Waals surface area contributed by atoms with Crippen molar-refractivity contribution in [1.29, 1.82) is 5.41 Å². The molecule has 0 aromatic carbocycles. The second kappa shape index (κ2) is 11.4. The molecule has 1 aliphatic carbocycles. The third kappa shape index (κ3) is 7.36. The summed E-state index contributed by atoms with van der Waals surface area (Å²) in [6.45, 7) is 1.78. The number of nitrogens with one attached hydrogen (secondary N) is 4. The Kier molecular flexibility index (Phi) is 9.58. The number of hydrogen-bond donors (Lipinski definition) is 8. The van der Waals surface area contributed by atoms with E-state index in [1.165, 1.54) is 13.0 Å². The third-order valence-corrected chi connectivity index (χ3v) is 4.40. The molecule has 1 aliphatic rings. The first kappa shape index (κ1) is 24.4. The zero-order valence-corrected chi connectivity index (χ0v) is 16.3. The number of aliphatic hydroxyl groups is 2. The molecule has 1 rings (SSSR count). The fourth-order valence-corrected chi connectivity index (χ4v) is 3.26. The lowest BCUT2D eigenvalue weighted by atomic mass is 9.88. The van der Waals surface area contributed by atoms with Crippen LogP contribution in [0.15, 0.2) is 11.6 Å². The summed E-state index contributed by atoms with van der Waals surface area (Å²) in [7, 11) is 0.364. The summed E-state index contributed by atoms with van der Waals surface area (Å²) >= 11 is 0. The number of carboxylic acid groups (broad SMARTS) is 1. The van der Waals surface area contributed by atoms with Gasteiger partial charge >= 0.3 is 5.97 Å². The quantitative estimate of drug-likeness (QED) is 0.0965. The Hall–Kier alpha value is -2.64. The smallest absolute Gasteiger partial charge is 0.331 e. The average Bonchev–Trinajstić information content (AvgIpc) is 3.03. The normalized spacial score (nSPS) is 21.3. The number of rotatable bonds is 11. The van der Waals surface area contributed by atoms with Crippen molar-refractivity contribution in [3.63, 3.8) is 0 Å². The molecular weight excluding hydrogens is 385 g/mol. The summed E-state index contributed by atoms with van der Waals surface area (Å²) < 4.78 is 5.51. The van der Waals surface area contributed by atoms with Crippen LogP contribution >= 0.6 is 0 Å². The van der Waals surface area contributed by atoms with E-state index in [-0.39, 0.29) is 12.0 Å². The molecule has 5 atom stereocenters. The van der Waals surface area contributed by atoms with Crippen LogP contribution in [0.25, 0.3) is 0 Å². The predicted molar refractivity (Wildman–Crippen MR) is 104 cm³/mol. The molecule has 0 aromatic rings. The molecule has 13 heteroatoms. The van der Waals surface area contributed by atoms with E-state index >= 15 is 0 Å². The highest BCUT2D eigenvalue weighted by atomic mass is 16.5. The minimum atomic E-state index is -1.47. The van der Waals surface area contributed by atoms with Gasteiger partial charge in [-0.05, 0) is 0 Å². The maximum absolute atomic E-state index is 11.8. The van der Waals surface area contributed by atoms with E-state index in [0.717, 1.165) is 0 Å². The Labute approximate surface area is 168 Å². The van der Waals surface area contributed by atoms with Gasteiger partial charge in [0.05, 0.1) is 12.6 Å². The van der Waals surface area contributed by atoms with Crippen LogP contribution < -0.4 is 21.6 Å². The van der Waals surface area contributed by atoms with Crippen LogP contribution in [0, 0.1) is 11.3 Å². The van der Waals surface area contributed by atoms with Crippen molar-refractivity contribution in [2.45, 2.75) is 44.5 Å². The molecule has 162 valence electrons. The molecular formula is C16H28BN5O7. The summed E-state index contributed by atoms with van der Waals surface area (Å²) in [6, 6.07) is -1.70. The summed E-state index contributed by atoms with van der Waals surface area (Å²) in [6.07, 6.45) is -1.32. The van der Waals surface area contributed by atoms with Crippen molar-refractivity contribution >= 4 is 31.2 Å². The average molecular weight is 413 g/mol. The molecule has 0 bridgehead atoms. The van der Waals surface area contributed by atoms with Crippen LogP contribution in [0.2, 0.25) is 6.82 Å². The van der Waals surface area contributed by atoms with Gasteiger partial charge in [-0.2, -0.15) is 0 Å². The van der Waals surface area contributed by atoms with Gasteiger partial charge in [0.1, 0.15) is 18.8 Å². The molecule has 0 fully saturated rings. The largest absolute Gasteiger partial charge is 0.478 e. The first-order valence-electron chi connectivity index (χ1n) is 9.09. The summed E-state index contributed by atoms with van der Waals surface area (Å²) in [5.41, 5.74) is 5.42. The summed E-state index contributed by atoms with van der Waals surface area (Å²) in [4.78, 5) is 35.0. The maximum Gasteiger partial charge on any atom is 0.331 e. The molecule has 0 aromatic heterocycles.